The van der Waals surface area contributed by atoms with Gasteiger partial charge in [0.05, 0.1) is 6.04 Å². The highest BCUT2D eigenvalue weighted by molar-refractivity contribution is 14.0. The zero-order valence-electron chi connectivity index (χ0n) is 16.1. The fourth-order valence-electron chi connectivity index (χ4n) is 3.02. The van der Waals surface area contributed by atoms with Gasteiger partial charge in [-0.1, -0.05) is 24.3 Å². The third-order valence-electron chi connectivity index (χ3n) is 4.86. The van der Waals surface area contributed by atoms with Gasteiger partial charge in [-0.25, -0.2) is 0 Å². The lowest BCUT2D eigenvalue weighted by atomic mass is 10.0. The molecule has 0 heterocycles. The van der Waals surface area contributed by atoms with Crippen LogP contribution in [0.1, 0.15) is 57.2 Å². The Morgan fingerprint density at radius 2 is 2.00 bits per heavy atom. The molecular formula is C20H34IN3O. The molecule has 0 radical (unpaired) electrons. The molecule has 1 aliphatic carbocycles. The van der Waals surface area contributed by atoms with E-state index in [1.165, 1.54) is 24.0 Å². The van der Waals surface area contributed by atoms with Gasteiger partial charge < -0.3 is 15.4 Å². The summed E-state index contributed by atoms with van der Waals surface area (Å²) in [4.78, 5) is 4.86. The van der Waals surface area contributed by atoms with Crippen LogP contribution in [0.15, 0.2) is 29.3 Å². The largest absolute Gasteiger partial charge is 0.382 e. The van der Waals surface area contributed by atoms with E-state index in [-0.39, 0.29) is 30.0 Å². The maximum absolute atomic E-state index is 5.52. The van der Waals surface area contributed by atoms with Gasteiger partial charge in [0.25, 0.3) is 0 Å². The molecule has 0 amide bonds. The smallest absolute Gasteiger partial charge is 0.191 e. The standard InChI is InChI=1S/C20H33N3O.HI/c1-5-21-19(22-15-20(11-12-20)13-14-24-6-2)23-17(4)18-10-8-7-9-16(18)3;/h7-10,17H,5-6,11-15H2,1-4H3,(H2,21,22,23);1H. The number of ether oxygens (including phenoxy) is 1. The van der Waals surface area contributed by atoms with E-state index in [1.807, 2.05) is 0 Å². The maximum atomic E-state index is 5.52. The number of hydrogen-bond donors (Lipinski definition) is 2. The number of aliphatic imine (C=N–C) groups is 1. The molecule has 1 saturated carbocycles. The maximum Gasteiger partial charge on any atom is 0.191 e. The number of nitrogens with zero attached hydrogens (tertiary/aromatic N) is 1. The van der Waals surface area contributed by atoms with Crippen LogP contribution >= 0.6 is 24.0 Å². The number of benzene rings is 1. The van der Waals surface area contributed by atoms with E-state index in [0.717, 1.165) is 38.7 Å². The molecule has 0 spiro atoms. The summed E-state index contributed by atoms with van der Waals surface area (Å²) in [5.74, 6) is 0.913. The quantitative estimate of drug-likeness (QED) is 0.249. The van der Waals surface area contributed by atoms with Gasteiger partial charge in [-0.3, -0.25) is 4.99 Å². The highest BCUT2D eigenvalue weighted by Crippen LogP contribution is 2.49. The van der Waals surface area contributed by atoms with Gasteiger partial charge in [-0.2, -0.15) is 0 Å². The minimum absolute atomic E-state index is 0. The second kappa shape index (κ2) is 11.0. The van der Waals surface area contributed by atoms with E-state index in [2.05, 4.69) is 62.6 Å². The van der Waals surface area contributed by atoms with Gasteiger partial charge in [0, 0.05) is 26.3 Å². The van der Waals surface area contributed by atoms with Crippen LogP contribution in [-0.2, 0) is 4.74 Å². The molecule has 0 aliphatic heterocycles. The topological polar surface area (TPSA) is 45.7 Å². The minimum Gasteiger partial charge on any atom is -0.382 e. The number of nitrogens with one attached hydrogen (secondary N) is 2. The Balaban J connectivity index is 0.00000312. The van der Waals surface area contributed by atoms with Gasteiger partial charge in [-0.05, 0) is 63.5 Å². The van der Waals surface area contributed by atoms with E-state index in [1.54, 1.807) is 0 Å². The van der Waals surface area contributed by atoms with Gasteiger partial charge in [0.15, 0.2) is 5.96 Å². The Bertz CT molecular complexity index is 543. The molecule has 1 atom stereocenters. The molecule has 1 aromatic rings. The molecule has 1 aromatic carbocycles. The zero-order valence-corrected chi connectivity index (χ0v) is 18.4. The monoisotopic (exact) mass is 459 g/mol. The Kier molecular flexibility index (Phi) is 9.79. The summed E-state index contributed by atoms with van der Waals surface area (Å²) in [6, 6.07) is 8.76. The first-order valence-electron chi connectivity index (χ1n) is 9.28. The number of halogens is 1. The van der Waals surface area contributed by atoms with Crippen LogP contribution in [-0.4, -0.2) is 32.3 Å². The molecule has 142 valence electrons. The van der Waals surface area contributed by atoms with Crippen LogP contribution in [0.2, 0.25) is 0 Å². The van der Waals surface area contributed by atoms with Crippen molar-refractivity contribution in [3.63, 3.8) is 0 Å². The van der Waals surface area contributed by atoms with Crippen LogP contribution in [0.5, 0.6) is 0 Å². The normalized spacial score (nSPS) is 16.7. The first-order valence-corrected chi connectivity index (χ1v) is 9.28. The predicted molar refractivity (Wildman–Crippen MR) is 117 cm³/mol. The second-order valence-electron chi connectivity index (χ2n) is 6.86. The fraction of sp³-hybridized carbons (Fsp3) is 0.650. The lowest BCUT2D eigenvalue weighted by Crippen LogP contribution is -2.39. The minimum atomic E-state index is 0. The van der Waals surface area contributed by atoms with Crippen molar-refractivity contribution < 1.29 is 4.74 Å². The van der Waals surface area contributed by atoms with Crippen LogP contribution in [0.4, 0.5) is 0 Å². The van der Waals surface area contributed by atoms with Gasteiger partial charge in [0.1, 0.15) is 0 Å². The molecule has 5 heteroatoms. The first-order chi connectivity index (χ1) is 11.6. The van der Waals surface area contributed by atoms with Crippen LogP contribution < -0.4 is 10.6 Å². The summed E-state index contributed by atoms with van der Waals surface area (Å²) in [5.41, 5.74) is 3.01. The van der Waals surface area contributed by atoms with Crippen molar-refractivity contribution in [2.75, 3.05) is 26.3 Å². The summed E-state index contributed by atoms with van der Waals surface area (Å²) in [6.45, 7) is 11.9. The highest BCUT2D eigenvalue weighted by Gasteiger charge is 2.41. The van der Waals surface area contributed by atoms with Gasteiger partial charge in [0.2, 0.25) is 0 Å². The Morgan fingerprint density at radius 3 is 2.60 bits per heavy atom. The lowest BCUT2D eigenvalue weighted by molar-refractivity contribution is 0.129. The molecule has 1 fully saturated rings. The van der Waals surface area contributed by atoms with Crippen molar-refractivity contribution in [2.24, 2.45) is 10.4 Å². The van der Waals surface area contributed by atoms with Crippen molar-refractivity contribution in [1.29, 1.82) is 0 Å². The van der Waals surface area contributed by atoms with Crippen molar-refractivity contribution in [1.82, 2.24) is 10.6 Å². The molecule has 25 heavy (non-hydrogen) atoms. The molecule has 0 bridgehead atoms. The van der Waals surface area contributed by atoms with Gasteiger partial charge in [-0.15, -0.1) is 24.0 Å². The number of aryl methyl sites for hydroxylation is 1. The summed E-state index contributed by atoms with van der Waals surface area (Å²) >= 11 is 0. The molecule has 0 aromatic heterocycles. The van der Waals surface area contributed by atoms with E-state index < -0.39 is 0 Å². The molecule has 1 unspecified atom stereocenters. The number of hydrogen-bond acceptors (Lipinski definition) is 2. The van der Waals surface area contributed by atoms with Crippen LogP contribution in [0.25, 0.3) is 0 Å². The summed E-state index contributed by atoms with van der Waals surface area (Å²) in [5, 5.41) is 6.93. The molecule has 1 aliphatic rings. The summed E-state index contributed by atoms with van der Waals surface area (Å²) in [7, 11) is 0. The lowest BCUT2D eigenvalue weighted by Gasteiger charge is -2.21. The summed E-state index contributed by atoms with van der Waals surface area (Å²) in [6.07, 6.45) is 3.67. The van der Waals surface area contributed by atoms with Crippen LogP contribution in [0.3, 0.4) is 0 Å². The van der Waals surface area contributed by atoms with Crippen LogP contribution in [0, 0.1) is 12.3 Å². The fourth-order valence-corrected chi connectivity index (χ4v) is 3.02. The Morgan fingerprint density at radius 1 is 1.28 bits per heavy atom. The second-order valence-corrected chi connectivity index (χ2v) is 6.86. The van der Waals surface area contributed by atoms with Gasteiger partial charge >= 0.3 is 0 Å². The van der Waals surface area contributed by atoms with E-state index in [0.29, 0.717) is 5.41 Å². The third kappa shape index (κ3) is 7.13. The summed E-state index contributed by atoms with van der Waals surface area (Å²) < 4.78 is 5.52. The predicted octanol–water partition coefficient (Wildman–Crippen LogP) is 4.44. The SMILES string of the molecule is CCNC(=NCC1(CCOCC)CC1)NC(C)c1ccccc1C.I. The van der Waals surface area contributed by atoms with E-state index >= 15 is 0 Å². The average Bonchev–Trinajstić information content (AvgIpc) is 3.34. The number of guanidine groups is 1. The van der Waals surface area contributed by atoms with E-state index in [4.69, 9.17) is 9.73 Å². The Hall–Kier alpha value is -0.820. The van der Waals surface area contributed by atoms with E-state index in [9.17, 15) is 0 Å². The molecule has 2 rings (SSSR count). The Labute approximate surface area is 170 Å². The highest BCUT2D eigenvalue weighted by atomic mass is 127. The molecule has 2 N–H and O–H groups in total. The third-order valence-corrected chi connectivity index (χ3v) is 4.86. The molecule has 4 nitrogen and oxygen atoms in total. The average molecular weight is 459 g/mol. The molecule has 0 saturated heterocycles. The van der Waals surface area contributed by atoms with Crippen molar-refractivity contribution >= 4 is 29.9 Å². The van der Waals surface area contributed by atoms with Crippen molar-refractivity contribution in [3.8, 4) is 0 Å². The first kappa shape index (κ1) is 22.2. The van der Waals surface area contributed by atoms with Crippen molar-refractivity contribution in [3.05, 3.63) is 35.4 Å². The zero-order chi connectivity index (χ0) is 17.4. The molecular weight excluding hydrogens is 425 g/mol. The van der Waals surface area contributed by atoms with Crippen molar-refractivity contribution in [2.45, 2.75) is 53.0 Å². The number of rotatable bonds is 9.